The van der Waals surface area contributed by atoms with Gasteiger partial charge in [0.15, 0.2) is 0 Å². The standard InChI is InChI=1S/C17H18ClN3O2/c1-12-2-3-13(10-15(12)18)20-17(22)16-5-4-14(11-19-16)21-6-8-23-9-7-21/h2-5,10-11H,6-9H2,1H3,(H,20,22). The van der Waals surface area contributed by atoms with Crippen molar-refractivity contribution < 1.29 is 9.53 Å². The maximum Gasteiger partial charge on any atom is 0.274 e. The number of nitrogens with one attached hydrogen (secondary N) is 1. The van der Waals surface area contributed by atoms with Crippen LogP contribution in [0.2, 0.25) is 5.02 Å². The fourth-order valence-electron chi connectivity index (χ4n) is 2.39. The second-order valence-corrected chi connectivity index (χ2v) is 5.83. The lowest BCUT2D eigenvalue weighted by atomic mass is 10.2. The van der Waals surface area contributed by atoms with E-state index in [0.29, 0.717) is 16.4 Å². The Kier molecular flexibility index (Phi) is 4.79. The minimum absolute atomic E-state index is 0.251. The van der Waals surface area contributed by atoms with E-state index in [-0.39, 0.29) is 5.91 Å². The van der Waals surface area contributed by atoms with Gasteiger partial charge in [0.1, 0.15) is 5.69 Å². The van der Waals surface area contributed by atoms with Crippen molar-refractivity contribution in [1.29, 1.82) is 0 Å². The number of pyridine rings is 1. The molecule has 0 atom stereocenters. The van der Waals surface area contributed by atoms with E-state index in [0.717, 1.165) is 37.6 Å². The largest absolute Gasteiger partial charge is 0.378 e. The number of morpholine rings is 1. The second-order valence-electron chi connectivity index (χ2n) is 5.42. The van der Waals surface area contributed by atoms with Gasteiger partial charge in [0, 0.05) is 23.8 Å². The molecule has 0 bridgehead atoms. The Morgan fingerprint density at radius 1 is 1.26 bits per heavy atom. The van der Waals surface area contributed by atoms with Crippen LogP contribution in [0.1, 0.15) is 16.1 Å². The van der Waals surface area contributed by atoms with Gasteiger partial charge in [-0.25, -0.2) is 4.98 Å². The molecule has 5 nitrogen and oxygen atoms in total. The van der Waals surface area contributed by atoms with Crippen LogP contribution in [0.5, 0.6) is 0 Å². The summed E-state index contributed by atoms with van der Waals surface area (Å²) in [4.78, 5) is 18.7. The third-order valence-electron chi connectivity index (χ3n) is 3.79. The van der Waals surface area contributed by atoms with Gasteiger partial charge in [0.2, 0.25) is 0 Å². The van der Waals surface area contributed by atoms with Crippen molar-refractivity contribution in [3.05, 3.63) is 52.8 Å². The van der Waals surface area contributed by atoms with Crippen molar-refractivity contribution in [2.75, 3.05) is 36.5 Å². The van der Waals surface area contributed by atoms with Gasteiger partial charge in [-0.05, 0) is 36.8 Å². The van der Waals surface area contributed by atoms with Gasteiger partial charge in [0.05, 0.1) is 25.1 Å². The number of hydrogen-bond donors (Lipinski definition) is 1. The molecule has 1 N–H and O–H groups in total. The molecule has 1 saturated heterocycles. The average Bonchev–Trinajstić information content (AvgIpc) is 2.59. The smallest absolute Gasteiger partial charge is 0.274 e. The molecular formula is C17H18ClN3O2. The second kappa shape index (κ2) is 6.98. The fraction of sp³-hybridized carbons (Fsp3) is 0.294. The van der Waals surface area contributed by atoms with Crippen LogP contribution in [0.4, 0.5) is 11.4 Å². The highest BCUT2D eigenvalue weighted by molar-refractivity contribution is 6.31. The van der Waals surface area contributed by atoms with Crippen molar-refractivity contribution in [3.8, 4) is 0 Å². The molecule has 0 unspecified atom stereocenters. The van der Waals surface area contributed by atoms with E-state index in [1.807, 2.05) is 25.1 Å². The summed E-state index contributed by atoms with van der Waals surface area (Å²) in [5, 5.41) is 3.43. The Hall–Kier alpha value is -2.11. The van der Waals surface area contributed by atoms with Crippen LogP contribution in [-0.4, -0.2) is 37.2 Å². The molecule has 0 aliphatic carbocycles. The first-order valence-corrected chi connectivity index (χ1v) is 7.87. The molecule has 1 aliphatic heterocycles. The van der Waals surface area contributed by atoms with Gasteiger partial charge in [-0.2, -0.15) is 0 Å². The molecule has 1 aromatic heterocycles. The topological polar surface area (TPSA) is 54.5 Å². The van der Waals surface area contributed by atoms with Crippen LogP contribution in [0.25, 0.3) is 0 Å². The third-order valence-corrected chi connectivity index (χ3v) is 4.19. The van der Waals surface area contributed by atoms with Gasteiger partial charge in [-0.15, -0.1) is 0 Å². The number of amides is 1. The Balaban J connectivity index is 1.68. The van der Waals surface area contributed by atoms with E-state index in [4.69, 9.17) is 16.3 Å². The van der Waals surface area contributed by atoms with Gasteiger partial charge >= 0.3 is 0 Å². The lowest BCUT2D eigenvalue weighted by molar-refractivity contribution is 0.102. The lowest BCUT2D eigenvalue weighted by Gasteiger charge is -2.28. The molecule has 23 heavy (non-hydrogen) atoms. The Labute approximate surface area is 140 Å². The molecule has 120 valence electrons. The number of carbonyl (C=O) groups excluding carboxylic acids is 1. The van der Waals surface area contributed by atoms with Gasteiger partial charge in [-0.3, -0.25) is 4.79 Å². The molecule has 3 rings (SSSR count). The van der Waals surface area contributed by atoms with Gasteiger partial charge in [0.25, 0.3) is 5.91 Å². The summed E-state index contributed by atoms with van der Waals surface area (Å²) in [7, 11) is 0. The van der Waals surface area contributed by atoms with Crippen LogP contribution in [0, 0.1) is 6.92 Å². The van der Waals surface area contributed by atoms with Crippen molar-refractivity contribution in [2.45, 2.75) is 6.92 Å². The number of halogens is 1. The predicted molar refractivity (Wildman–Crippen MR) is 91.4 cm³/mol. The number of ether oxygens (including phenoxy) is 1. The first kappa shape index (κ1) is 15.8. The van der Waals surface area contributed by atoms with E-state index in [2.05, 4.69) is 15.2 Å². The molecule has 0 spiro atoms. The monoisotopic (exact) mass is 331 g/mol. The summed E-state index contributed by atoms with van der Waals surface area (Å²) < 4.78 is 5.33. The lowest BCUT2D eigenvalue weighted by Crippen LogP contribution is -2.36. The minimum atomic E-state index is -0.251. The minimum Gasteiger partial charge on any atom is -0.378 e. The number of nitrogens with zero attached hydrogens (tertiary/aromatic N) is 2. The Morgan fingerprint density at radius 2 is 2.04 bits per heavy atom. The number of hydrogen-bond acceptors (Lipinski definition) is 4. The van der Waals surface area contributed by atoms with E-state index < -0.39 is 0 Å². The molecule has 1 amide bonds. The van der Waals surface area contributed by atoms with E-state index in [1.165, 1.54) is 0 Å². The highest BCUT2D eigenvalue weighted by atomic mass is 35.5. The molecule has 2 aromatic rings. The summed E-state index contributed by atoms with van der Waals surface area (Å²) in [6.45, 7) is 5.04. The predicted octanol–water partition coefficient (Wildman–Crippen LogP) is 3.13. The Bertz CT molecular complexity index is 697. The summed E-state index contributed by atoms with van der Waals surface area (Å²) in [5.41, 5.74) is 3.00. The number of aryl methyl sites for hydroxylation is 1. The van der Waals surface area contributed by atoms with Crippen LogP contribution in [0.3, 0.4) is 0 Å². The maximum atomic E-state index is 12.2. The fourth-order valence-corrected chi connectivity index (χ4v) is 2.58. The molecule has 6 heteroatoms. The average molecular weight is 332 g/mol. The van der Waals surface area contributed by atoms with E-state index in [1.54, 1.807) is 18.3 Å². The third kappa shape index (κ3) is 3.81. The van der Waals surface area contributed by atoms with E-state index in [9.17, 15) is 4.79 Å². The Morgan fingerprint density at radius 3 is 2.70 bits per heavy atom. The number of carbonyl (C=O) groups is 1. The molecule has 1 aromatic carbocycles. The molecule has 0 radical (unpaired) electrons. The van der Waals surface area contributed by atoms with Crippen molar-refractivity contribution >= 4 is 28.9 Å². The quantitative estimate of drug-likeness (QED) is 0.938. The number of anilines is 2. The zero-order valence-electron chi connectivity index (χ0n) is 12.9. The van der Waals surface area contributed by atoms with Gasteiger partial charge in [-0.1, -0.05) is 17.7 Å². The summed E-state index contributed by atoms with van der Waals surface area (Å²) in [6, 6.07) is 9.07. The molecule has 1 aliphatic rings. The van der Waals surface area contributed by atoms with Crippen molar-refractivity contribution in [1.82, 2.24) is 4.98 Å². The molecular weight excluding hydrogens is 314 g/mol. The van der Waals surface area contributed by atoms with Crippen LogP contribution < -0.4 is 10.2 Å². The van der Waals surface area contributed by atoms with Crippen molar-refractivity contribution in [3.63, 3.8) is 0 Å². The number of rotatable bonds is 3. The zero-order chi connectivity index (χ0) is 16.2. The molecule has 2 heterocycles. The summed E-state index contributed by atoms with van der Waals surface area (Å²) >= 11 is 6.07. The highest BCUT2D eigenvalue weighted by Crippen LogP contribution is 2.21. The van der Waals surface area contributed by atoms with Crippen molar-refractivity contribution in [2.24, 2.45) is 0 Å². The highest BCUT2D eigenvalue weighted by Gasteiger charge is 2.13. The SMILES string of the molecule is Cc1ccc(NC(=O)c2ccc(N3CCOCC3)cn2)cc1Cl. The molecule has 1 fully saturated rings. The van der Waals surface area contributed by atoms with Crippen LogP contribution >= 0.6 is 11.6 Å². The van der Waals surface area contributed by atoms with Crippen LogP contribution in [-0.2, 0) is 4.74 Å². The zero-order valence-corrected chi connectivity index (χ0v) is 13.6. The number of aromatic nitrogens is 1. The molecule has 0 saturated carbocycles. The van der Waals surface area contributed by atoms with Gasteiger partial charge < -0.3 is 15.0 Å². The van der Waals surface area contributed by atoms with E-state index >= 15 is 0 Å². The summed E-state index contributed by atoms with van der Waals surface area (Å²) in [5.74, 6) is -0.251. The first-order valence-electron chi connectivity index (χ1n) is 7.50. The summed E-state index contributed by atoms with van der Waals surface area (Å²) in [6.07, 6.45) is 1.72. The maximum absolute atomic E-state index is 12.2. The number of benzene rings is 1. The first-order chi connectivity index (χ1) is 11.1. The normalized spacial score (nSPS) is 14.6. The van der Waals surface area contributed by atoms with Crippen LogP contribution in [0.15, 0.2) is 36.5 Å².